The summed E-state index contributed by atoms with van der Waals surface area (Å²) in [5.74, 6) is -6.40. The predicted molar refractivity (Wildman–Crippen MR) is 123 cm³/mol. The molecule has 6 unspecified atom stereocenters. The van der Waals surface area contributed by atoms with Crippen molar-refractivity contribution in [2.45, 2.75) is 100 Å². The van der Waals surface area contributed by atoms with Gasteiger partial charge in [0.25, 0.3) is 15.9 Å². The summed E-state index contributed by atoms with van der Waals surface area (Å²) in [4.78, 5) is 14.1. The quantitative estimate of drug-likeness (QED) is 0.430. The molecule has 0 aromatic rings. The van der Waals surface area contributed by atoms with Crippen molar-refractivity contribution in [3.8, 4) is 0 Å². The van der Waals surface area contributed by atoms with Crippen LogP contribution in [0.15, 0.2) is 0 Å². The summed E-state index contributed by atoms with van der Waals surface area (Å²) in [5.41, 5.74) is -0.818. The van der Waals surface area contributed by atoms with Gasteiger partial charge in [-0.3, -0.25) is 4.79 Å². The lowest BCUT2D eigenvalue weighted by molar-refractivity contribution is -0.140. The van der Waals surface area contributed by atoms with Crippen LogP contribution in [-0.2, 0) is 19.6 Å². The third-order valence-electron chi connectivity index (χ3n) is 8.96. The van der Waals surface area contributed by atoms with Gasteiger partial charge in [0.2, 0.25) is 6.17 Å². The van der Waals surface area contributed by atoms with Gasteiger partial charge in [-0.05, 0) is 62.7 Å². The summed E-state index contributed by atoms with van der Waals surface area (Å²) < 4.78 is 116. The molecule has 4 fully saturated rings. The lowest BCUT2D eigenvalue weighted by atomic mass is 9.67. The molecule has 1 saturated heterocycles. The highest BCUT2D eigenvalue weighted by atomic mass is 32.2. The van der Waals surface area contributed by atoms with Crippen molar-refractivity contribution in [3.63, 3.8) is 0 Å². The summed E-state index contributed by atoms with van der Waals surface area (Å²) >= 11 is 0. The van der Waals surface area contributed by atoms with Crippen LogP contribution in [0.25, 0.3) is 0 Å². The zero-order valence-corrected chi connectivity index (χ0v) is 21.6. The van der Waals surface area contributed by atoms with Crippen LogP contribution in [0, 0.1) is 23.2 Å². The second kappa shape index (κ2) is 11.2. The predicted octanol–water partition coefficient (Wildman–Crippen LogP) is 4.09. The molecular formula is C24H36F6N2O4S. The molecule has 214 valence electrons. The van der Waals surface area contributed by atoms with Gasteiger partial charge in [-0.2, -0.15) is 8.78 Å². The van der Waals surface area contributed by atoms with E-state index in [4.69, 9.17) is 4.74 Å². The molecule has 1 aliphatic heterocycles. The van der Waals surface area contributed by atoms with E-state index in [1.807, 2.05) is 0 Å². The number of carbonyl (C=O) groups is 1. The van der Waals surface area contributed by atoms with E-state index in [2.05, 4.69) is 4.72 Å². The Balaban J connectivity index is 1.58. The van der Waals surface area contributed by atoms with Gasteiger partial charge in [-0.25, -0.2) is 30.7 Å². The van der Waals surface area contributed by atoms with Crippen LogP contribution in [0.2, 0.25) is 0 Å². The minimum atomic E-state index is -5.04. The largest absolute Gasteiger partial charge is 0.381 e. The first-order valence-electron chi connectivity index (χ1n) is 13.0. The minimum Gasteiger partial charge on any atom is -0.381 e. The SMILES string of the molecule is COCC(F)C(=O)N1CC2(CC2)[C@H](NS(=O)(=O)C(F)F)[C@@H]1CC1CCCC(C2CC(F)CC(F)C2)C1F. The Bertz CT molecular complexity index is 913. The van der Waals surface area contributed by atoms with E-state index in [1.54, 1.807) is 0 Å². The molecule has 0 radical (unpaired) electrons. The number of nitrogens with zero attached hydrogens (tertiary/aromatic N) is 1. The molecule has 13 heteroatoms. The first-order valence-corrected chi connectivity index (χ1v) is 14.6. The van der Waals surface area contributed by atoms with Crippen LogP contribution in [0.1, 0.15) is 57.8 Å². The molecule has 0 aromatic carbocycles. The molecule has 4 rings (SSSR count). The summed E-state index contributed by atoms with van der Waals surface area (Å²) in [5, 5.41) is 0. The first kappa shape index (κ1) is 28.9. The van der Waals surface area contributed by atoms with E-state index in [0.29, 0.717) is 32.1 Å². The topological polar surface area (TPSA) is 75.7 Å². The molecule has 37 heavy (non-hydrogen) atoms. The Labute approximate surface area is 213 Å². The molecule has 1 amide bonds. The van der Waals surface area contributed by atoms with Crippen molar-refractivity contribution in [3.05, 3.63) is 0 Å². The van der Waals surface area contributed by atoms with Crippen LogP contribution in [0.3, 0.4) is 0 Å². The Hall–Kier alpha value is -1.08. The van der Waals surface area contributed by atoms with Crippen molar-refractivity contribution < 1.29 is 44.3 Å². The van der Waals surface area contributed by atoms with Gasteiger partial charge in [0, 0.05) is 37.6 Å². The maximum Gasteiger partial charge on any atom is 0.350 e. The molecule has 1 heterocycles. The molecule has 6 nitrogen and oxygen atoms in total. The van der Waals surface area contributed by atoms with Crippen molar-refractivity contribution >= 4 is 15.9 Å². The zero-order chi connectivity index (χ0) is 27.1. The van der Waals surface area contributed by atoms with Crippen LogP contribution < -0.4 is 4.72 Å². The summed E-state index contributed by atoms with van der Waals surface area (Å²) in [6.07, 6.45) is -3.95. The number of likely N-dealkylation sites (tertiary alicyclic amines) is 1. The first-order chi connectivity index (χ1) is 17.4. The fourth-order valence-corrected chi connectivity index (χ4v) is 7.88. The number of ether oxygens (including phenoxy) is 1. The van der Waals surface area contributed by atoms with Crippen LogP contribution in [0.5, 0.6) is 0 Å². The number of hydrogen-bond donors (Lipinski definition) is 1. The summed E-state index contributed by atoms with van der Waals surface area (Å²) in [6.45, 7) is -0.559. The van der Waals surface area contributed by atoms with Gasteiger partial charge in [0.05, 0.1) is 6.61 Å². The number of nitrogens with one attached hydrogen (secondary N) is 1. The number of halogens is 6. The van der Waals surface area contributed by atoms with Crippen LogP contribution in [0.4, 0.5) is 26.3 Å². The van der Waals surface area contributed by atoms with Gasteiger partial charge in [0.1, 0.15) is 18.5 Å². The molecule has 0 bridgehead atoms. The minimum absolute atomic E-state index is 0.0279. The second-order valence-corrected chi connectivity index (χ2v) is 13.1. The Morgan fingerprint density at radius 1 is 1.08 bits per heavy atom. The van der Waals surface area contributed by atoms with E-state index >= 15 is 4.39 Å². The fourth-order valence-electron chi connectivity index (χ4n) is 7.02. The van der Waals surface area contributed by atoms with E-state index in [-0.39, 0.29) is 32.2 Å². The fraction of sp³-hybridized carbons (Fsp3) is 0.958. The van der Waals surface area contributed by atoms with Gasteiger partial charge < -0.3 is 9.64 Å². The average molecular weight is 563 g/mol. The highest BCUT2D eigenvalue weighted by Crippen LogP contribution is 2.57. The van der Waals surface area contributed by atoms with Crippen molar-refractivity contribution in [2.75, 3.05) is 20.3 Å². The van der Waals surface area contributed by atoms with Crippen molar-refractivity contribution in [1.82, 2.24) is 9.62 Å². The van der Waals surface area contributed by atoms with Gasteiger partial charge in [-0.15, -0.1) is 0 Å². The Morgan fingerprint density at radius 2 is 1.73 bits per heavy atom. The molecule has 4 aliphatic rings. The maximum atomic E-state index is 15.9. The Morgan fingerprint density at radius 3 is 2.30 bits per heavy atom. The second-order valence-electron chi connectivity index (χ2n) is 11.4. The molecule has 0 aromatic heterocycles. The highest BCUT2D eigenvalue weighted by molar-refractivity contribution is 7.89. The monoisotopic (exact) mass is 562 g/mol. The summed E-state index contributed by atoms with van der Waals surface area (Å²) in [6, 6.07) is -2.15. The Kier molecular flexibility index (Phi) is 8.75. The molecule has 3 aliphatic carbocycles. The number of rotatable bonds is 9. The highest BCUT2D eigenvalue weighted by Gasteiger charge is 2.62. The third kappa shape index (κ3) is 6.08. The average Bonchev–Trinajstić information content (AvgIpc) is 3.54. The molecule has 3 saturated carbocycles. The van der Waals surface area contributed by atoms with Crippen LogP contribution >= 0.6 is 0 Å². The smallest absolute Gasteiger partial charge is 0.350 e. The normalized spacial score (nSPS) is 38.8. The van der Waals surface area contributed by atoms with Crippen molar-refractivity contribution in [1.29, 1.82) is 0 Å². The van der Waals surface area contributed by atoms with E-state index in [9.17, 15) is 35.2 Å². The van der Waals surface area contributed by atoms with E-state index < -0.39 is 88.2 Å². The van der Waals surface area contributed by atoms with E-state index in [1.165, 1.54) is 12.0 Å². The number of alkyl halides is 6. The lowest BCUT2D eigenvalue weighted by Crippen LogP contribution is -2.53. The molecule has 1 N–H and O–H groups in total. The number of carbonyl (C=O) groups excluding carboxylic acids is 1. The standard InChI is InChI=1S/C24H36F6N2O4S/c1-36-11-18(27)22(33)32-12-24(5-6-24)21(31-37(34,35)23(29)30)19(32)9-13-3-2-4-17(20(13)28)14-7-15(25)10-16(26)8-14/h13-21,23,31H,2-12H2,1H3/t13?,14?,15?,16?,17?,18?,19-,20?,21+/m0/s1. The van der Waals surface area contributed by atoms with Gasteiger partial charge >= 0.3 is 5.76 Å². The maximum absolute atomic E-state index is 15.9. The number of methoxy groups -OCH3 is 1. The van der Waals surface area contributed by atoms with Gasteiger partial charge in [-0.1, -0.05) is 6.42 Å². The zero-order valence-electron chi connectivity index (χ0n) is 20.8. The lowest BCUT2D eigenvalue weighted by Gasteiger charge is -2.42. The number of sulfonamides is 1. The molecular weight excluding hydrogens is 526 g/mol. The molecule has 8 atom stereocenters. The van der Waals surface area contributed by atoms with Crippen molar-refractivity contribution in [2.24, 2.45) is 23.2 Å². The summed E-state index contributed by atoms with van der Waals surface area (Å²) in [7, 11) is -3.82. The van der Waals surface area contributed by atoms with Gasteiger partial charge in [0.15, 0.2) is 0 Å². The third-order valence-corrected chi connectivity index (χ3v) is 10.0. The number of hydrogen-bond acceptors (Lipinski definition) is 4. The van der Waals surface area contributed by atoms with Crippen LogP contribution in [-0.4, -0.2) is 82.0 Å². The van der Waals surface area contributed by atoms with E-state index in [0.717, 1.165) is 0 Å². The molecule has 1 spiro atoms. The number of amides is 1.